The van der Waals surface area contributed by atoms with E-state index in [1.54, 1.807) is 12.1 Å². The zero-order valence-electron chi connectivity index (χ0n) is 9.88. The van der Waals surface area contributed by atoms with Gasteiger partial charge in [-0.1, -0.05) is 6.07 Å². The van der Waals surface area contributed by atoms with Gasteiger partial charge in [-0.15, -0.1) is 0 Å². The maximum absolute atomic E-state index is 10.8. The minimum Gasteiger partial charge on any atom is -0.490 e. The average molecular weight is 240 g/mol. The van der Waals surface area contributed by atoms with Crippen LogP contribution in [0, 0.1) is 10.1 Å². The van der Waals surface area contributed by atoms with Crippen molar-refractivity contribution >= 4 is 5.69 Å². The zero-order chi connectivity index (χ0) is 12.8. The largest absolute Gasteiger partial charge is 0.490 e. The number of rotatable bonds is 6. The van der Waals surface area contributed by atoms with Gasteiger partial charge in [0.15, 0.2) is 5.75 Å². The summed E-state index contributed by atoms with van der Waals surface area (Å²) in [5.41, 5.74) is 6.19. The fourth-order valence-electron chi connectivity index (χ4n) is 1.33. The SMILES string of the molecule is COc1ccc(COCC(C)N)cc1[N+](=O)[O-]. The van der Waals surface area contributed by atoms with E-state index in [9.17, 15) is 10.1 Å². The fourth-order valence-corrected chi connectivity index (χ4v) is 1.33. The molecule has 2 N–H and O–H groups in total. The summed E-state index contributed by atoms with van der Waals surface area (Å²) in [4.78, 5) is 10.3. The summed E-state index contributed by atoms with van der Waals surface area (Å²) in [6.45, 7) is 2.54. The van der Waals surface area contributed by atoms with Gasteiger partial charge in [0.25, 0.3) is 0 Å². The van der Waals surface area contributed by atoms with Gasteiger partial charge in [0.05, 0.1) is 25.2 Å². The van der Waals surface area contributed by atoms with Crippen LogP contribution in [0.15, 0.2) is 18.2 Å². The average Bonchev–Trinajstić information content (AvgIpc) is 2.28. The van der Waals surface area contributed by atoms with Crippen LogP contribution in [-0.4, -0.2) is 24.7 Å². The topological polar surface area (TPSA) is 87.6 Å². The second-order valence-electron chi connectivity index (χ2n) is 3.76. The molecule has 1 atom stereocenters. The van der Waals surface area contributed by atoms with Crippen molar-refractivity contribution in [3.63, 3.8) is 0 Å². The molecule has 0 spiro atoms. The van der Waals surface area contributed by atoms with Gasteiger partial charge in [0.1, 0.15) is 0 Å². The predicted molar refractivity (Wildman–Crippen MR) is 63.0 cm³/mol. The molecular weight excluding hydrogens is 224 g/mol. The van der Waals surface area contributed by atoms with E-state index in [0.29, 0.717) is 13.2 Å². The number of methoxy groups -OCH3 is 1. The fraction of sp³-hybridized carbons (Fsp3) is 0.455. The summed E-state index contributed by atoms with van der Waals surface area (Å²) in [7, 11) is 1.40. The number of hydrogen-bond donors (Lipinski definition) is 1. The van der Waals surface area contributed by atoms with Crippen molar-refractivity contribution < 1.29 is 14.4 Å². The van der Waals surface area contributed by atoms with Gasteiger partial charge in [-0.3, -0.25) is 10.1 Å². The van der Waals surface area contributed by atoms with Crippen LogP contribution in [0.5, 0.6) is 5.75 Å². The van der Waals surface area contributed by atoms with Crippen molar-refractivity contribution in [1.29, 1.82) is 0 Å². The van der Waals surface area contributed by atoms with Gasteiger partial charge in [-0.2, -0.15) is 0 Å². The quantitative estimate of drug-likeness (QED) is 0.600. The number of benzene rings is 1. The second kappa shape index (κ2) is 6.17. The first-order valence-electron chi connectivity index (χ1n) is 5.19. The summed E-state index contributed by atoms with van der Waals surface area (Å²) in [6.07, 6.45) is 0. The minimum atomic E-state index is -0.478. The Morgan fingerprint density at radius 1 is 1.53 bits per heavy atom. The van der Waals surface area contributed by atoms with Gasteiger partial charge in [0, 0.05) is 12.1 Å². The lowest BCUT2D eigenvalue weighted by Crippen LogP contribution is -2.21. The summed E-state index contributed by atoms with van der Waals surface area (Å²) < 4.78 is 10.2. The van der Waals surface area contributed by atoms with E-state index in [0.717, 1.165) is 5.56 Å². The summed E-state index contributed by atoms with van der Waals surface area (Å²) in [5.74, 6) is 0.242. The van der Waals surface area contributed by atoms with Crippen LogP contribution in [0.25, 0.3) is 0 Å². The van der Waals surface area contributed by atoms with E-state index in [-0.39, 0.29) is 17.5 Å². The van der Waals surface area contributed by atoms with Crippen LogP contribution >= 0.6 is 0 Å². The normalized spacial score (nSPS) is 12.2. The number of nitro groups is 1. The van der Waals surface area contributed by atoms with Gasteiger partial charge in [-0.05, 0) is 18.6 Å². The third kappa shape index (κ3) is 4.01. The third-order valence-corrected chi connectivity index (χ3v) is 2.09. The Kier molecular flexibility index (Phi) is 4.86. The van der Waals surface area contributed by atoms with Gasteiger partial charge >= 0.3 is 5.69 Å². The van der Waals surface area contributed by atoms with E-state index < -0.39 is 4.92 Å². The first kappa shape index (κ1) is 13.4. The minimum absolute atomic E-state index is 0.0526. The molecule has 1 aromatic rings. The molecule has 0 aliphatic carbocycles. The molecule has 6 nitrogen and oxygen atoms in total. The Labute approximate surface area is 99.5 Å². The van der Waals surface area contributed by atoms with E-state index in [1.165, 1.54) is 13.2 Å². The molecule has 1 aromatic carbocycles. The van der Waals surface area contributed by atoms with E-state index in [4.69, 9.17) is 15.2 Å². The first-order chi connectivity index (χ1) is 8.04. The highest BCUT2D eigenvalue weighted by Crippen LogP contribution is 2.27. The van der Waals surface area contributed by atoms with Gasteiger partial charge in [0.2, 0.25) is 0 Å². The summed E-state index contributed by atoms with van der Waals surface area (Å²) >= 11 is 0. The lowest BCUT2D eigenvalue weighted by Gasteiger charge is -2.08. The van der Waals surface area contributed by atoms with E-state index in [1.807, 2.05) is 6.92 Å². The van der Waals surface area contributed by atoms with Crippen LogP contribution < -0.4 is 10.5 Å². The molecule has 94 valence electrons. The first-order valence-corrected chi connectivity index (χ1v) is 5.19. The molecule has 0 amide bonds. The summed E-state index contributed by atoms with van der Waals surface area (Å²) in [6, 6.07) is 4.68. The maximum atomic E-state index is 10.8. The highest BCUT2D eigenvalue weighted by Gasteiger charge is 2.14. The molecule has 1 rings (SSSR count). The second-order valence-corrected chi connectivity index (χ2v) is 3.76. The molecule has 0 bridgehead atoms. The highest BCUT2D eigenvalue weighted by atomic mass is 16.6. The molecular formula is C11H16N2O4. The molecule has 0 aromatic heterocycles. The molecule has 0 radical (unpaired) electrons. The van der Waals surface area contributed by atoms with Crippen LogP contribution in [-0.2, 0) is 11.3 Å². The smallest absolute Gasteiger partial charge is 0.311 e. The number of ether oxygens (including phenoxy) is 2. The Balaban J connectivity index is 2.74. The Hall–Kier alpha value is -1.66. The number of nitrogens with zero attached hydrogens (tertiary/aromatic N) is 1. The van der Waals surface area contributed by atoms with Gasteiger partial charge in [-0.25, -0.2) is 0 Å². The van der Waals surface area contributed by atoms with Crippen molar-refractivity contribution in [2.45, 2.75) is 19.6 Å². The summed E-state index contributed by atoms with van der Waals surface area (Å²) in [5, 5.41) is 10.8. The van der Waals surface area contributed by atoms with E-state index >= 15 is 0 Å². The maximum Gasteiger partial charge on any atom is 0.311 e. The lowest BCUT2D eigenvalue weighted by atomic mass is 10.2. The van der Waals surface area contributed by atoms with E-state index in [2.05, 4.69) is 0 Å². The van der Waals surface area contributed by atoms with Crippen LogP contribution in [0.3, 0.4) is 0 Å². The lowest BCUT2D eigenvalue weighted by molar-refractivity contribution is -0.385. The number of nitrogens with two attached hydrogens (primary N) is 1. The molecule has 0 saturated carbocycles. The predicted octanol–water partition coefficient (Wildman–Crippen LogP) is 1.47. The molecule has 0 aliphatic heterocycles. The van der Waals surface area contributed by atoms with Crippen molar-refractivity contribution in [2.75, 3.05) is 13.7 Å². The Morgan fingerprint density at radius 3 is 2.76 bits per heavy atom. The molecule has 0 heterocycles. The van der Waals surface area contributed by atoms with Crippen molar-refractivity contribution in [1.82, 2.24) is 0 Å². The highest BCUT2D eigenvalue weighted by molar-refractivity contribution is 5.48. The number of hydrogen-bond acceptors (Lipinski definition) is 5. The molecule has 17 heavy (non-hydrogen) atoms. The van der Waals surface area contributed by atoms with Crippen LogP contribution in [0.4, 0.5) is 5.69 Å². The van der Waals surface area contributed by atoms with Gasteiger partial charge < -0.3 is 15.2 Å². The Bertz CT molecular complexity index is 393. The molecule has 6 heteroatoms. The monoisotopic (exact) mass is 240 g/mol. The third-order valence-electron chi connectivity index (χ3n) is 2.09. The molecule has 0 saturated heterocycles. The zero-order valence-corrected chi connectivity index (χ0v) is 9.88. The van der Waals surface area contributed by atoms with Crippen LogP contribution in [0.2, 0.25) is 0 Å². The molecule has 0 aliphatic rings. The Morgan fingerprint density at radius 2 is 2.24 bits per heavy atom. The standard InChI is InChI=1S/C11H16N2O4/c1-8(12)6-17-7-9-3-4-11(16-2)10(5-9)13(14)15/h3-5,8H,6-7,12H2,1-2H3. The number of nitro benzene ring substituents is 1. The van der Waals surface area contributed by atoms with Crippen molar-refractivity contribution in [2.24, 2.45) is 5.73 Å². The molecule has 1 unspecified atom stereocenters. The van der Waals surface area contributed by atoms with Crippen molar-refractivity contribution in [3.8, 4) is 5.75 Å². The van der Waals surface area contributed by atoms with Crippen molar-refractivity contribution in [3.05, 3.63) is 33.9 Å². The van der Waals surface area contributed by atoms with Crippen LogP contribution in [0.1, 0.15) is 12.5 Å². The molecule has 0 fully saturated rings.